The molecule has 0 atom stereocenters. The number of carbonyl (C=O) groups excluding carboxylic acids is 1. The minimum Gasteiger partial charge on any atom is -0.293 e. The Morgan fingerprint density at radius 3 is 1.42 bits per heavy atom. The summed E-state index contributed by atoms with van der Waals surface area (Å²) in [6, 6.07) is 35.2. The van der Waals surface area contributed by atoms with Gasteiger partial charge in [0.15, 0.2) is 29.5 Å². The Morgan fingerprint density at radius 2 is 0.978 bits per heavy atom. The molecule has 0 radical (unpaired) electrons. The largest absolute Gasteiger partial charge is 0.293 e. The van der Waals surface area contributed by atoms with Gasteiger partial charge in [-0.05, 0) is 66.0 Å². The van der Waals surface area contributed by atoms with Crippen LogP contribution in [0.15, 0.2) is 153 Å². The summed E-state index contributed by atoms with van der Waals surface area (Å²) in [6.45, 7) is 4.09. The lowest BCUT2D eigenvalue weighted by atomic mass is 9.91. The number of allylic oxidation sites excluding steroid dienone is 2. The Labute approximate surface area is 265 Å². The predicted molar refractivity (Wildman–Crippen MR) is 176 cm³/mol. The number of sulfone groups is 2. The zero-order valence-electron chi connectivity index (χ0n) is 25.3. The smallest absolute Gasteiger partial charge is 0.199 e. The van der Waals surface area contributed by atoms with Gasteiger partial charge in [0.1, 0.15) is 0 Å². The molecule has 0 amide bonds. The van der Waals surface area contributed by atoms with Crippen LogP contribution < -0.4 is 0 Å². The maximum atomic E-state index is 14.6. The topological polar surface area (TPSA) is 88.6 Å². The van der Waals surface area contributed by atoms with Gasteiger partial charge in [-0.1, -0.05) is 103 Å². The first-order chi connectivity index (χ1) is 21.6. The van der Waals surface area contributed by atoms with E-state index in [0.29, 0.717) is 23.3 Å². The van der Waals surface area contributed by atoms with Crippen molar-refractivity contribution in [2.75, 3.05) is 13.1 Å². The third-order valence-corrected chi connectivity index (χ3v) is 14.8. The molecular weight excluding hydrogens is 603 g/mol. The van der Waals surface area contributed by atoms with Crippen LogP contribution in [0.5, 0.6) is 0 Å². The van der Waals surface area contributed by atoms with Gasteiger partial charge in [0.05, 0.1) is 22.4 Å². The number of benzene rings is 4. The molecule has 1 aliphatic heterocycles. The molecule has 230 valence electrons. The summed E-state index contributed by atoms with van der Waals surface area (Å²) in [7, 11) is -8.90. The fourth-order valence-corrected chi connectivity index (χ4v) is 11.7. The van der Waals surface area contributed by atoms with Gasteiger partial charge in [-0.2, -0.15) is 0 Å². The number of nitrogens with zero attached hydrogens (tertiary/aromatic N) is 1. The molecule has 2 aliphatic rings. The number of ketones is 1. The van der Waals surface area contributed by atoms with E-state index in [0.717, 1.165) is 16.7 Å². The minimum absolute atomic E-state index is 0.0588. The second-order valence-electron chi connectivity index (χ2n) is 11.8. The van der Waals surface area contributed by atoms with Gasteiger partial charge >= 0.3 is 0 Å². The molecule has 1 fully saturated rings. The van der Waals surface area contributed by atoms with E-state index in [1.165, 1.54) is 24.3 Å². The molecular formula is C37H35NO5S2. The van der Waals surface area contributed by atoms with E-state index in [2.05, 4.69) is 4.90 Å². The van der Waals surface area contributed by atoms with E-state index < -0.39 is 23.8 Å². The maximum absolute atomic E-state index is 14.6. The lowest BCUT2D eigenvalue weighted by Crippen LogP contribution is -2.44. The van der Waals surface area contributed by atoms with Crippen LogP contribution >= 0.6 is 0 Å². The molecule has 0 bridgehead atoms. The lowest BCUT2D eigenvalue weighted by Gasteiger charge is -2.34. The van der Waals surface area contributed by atoms with Crippen molar-refractivity contribution in [3.05, 3.63) is 155 Å². The fraction of sp³-hybridized carbons (Fsp3) is 0.216. The van der Waals surface area contributed by atoms with Crippen molar-refractivity contribution in [2.45, 2.75) is 46.6 Å². The summed E-state index contributed by atoms with van der Waals surface area (Å²) in [6.07, 6.45) is -0.547. The normalized spacial score (nSPS) is 20.9. The molecule has 1 aliphatic carbocycles. The zero-order valence-corrected chi connectivity index (χ0v) is 26.9. The van der Waals surface area contributed by atoms with Gasteiger partial charge in [-0.3, -0.25) is 9.69 Å². The average molecular weight is 638 g/mol. The van der Waals surface area contributed by atoms with E-state index in [1.807, 2.05) is 67.6 Å². The molecule has 0 spiro atoms. The van der Waals surface area contributed by atoms with E-state index >= 15 is 0 Å². The predicted octanol–water partition coefficient (Wildman–Crippen LogP) is 6.73. The quantitative estimate of drug-likeness (QED) is 0.223. The molecule has 0 N–H and O–H groups in total. The molecule has 0 unspecified atom stereocenters. The molecule has 45 heavy (non-hydrogen) atoms. The third-order valence-electron chi connectivity index (χ3n) is 9.11. The van der Waals surface area contributed by atoms with Crippen molar-refractivity contribution in [3.63, 3.8) is 0 Å². The standard InChI is InChI=1S/C37H35NO5S2/c1-27-25-38(36(29-15-7-3-8-16-29)30-17-9-4-10-18-30)26-35(39)28(2)34-24-37(23-33(27)34,44(40,41)31-19-11-5-12-20-31)45(42,43)32-21-13-6-14-22-32/h3-22,36H,23-26H2,1-2H3/b33-27-,34-28-. The maximum Gasteiger partial charge on any atom is 0.199 e. The second-order valence-corrected chi connectivity index (χ2v) is 16.6. The van der Waals surface area contributed by atoms with Gasteiger partial charge in [0.2, 0.25) is 0 Å². The summed E-state index contributed by atoms with van der Waals surface area (Å²) in [5, 5.41) is 0. The van der Waals surface area contributed by atoms with Crippen LogP contribution in [-0.4, -0.2) is 44.7 Å². The lowest BCUT2D eigenvalue weighted by molar-refractivity contribution is -0.117. The van der Waals surface area contributed by atoms with Crippen LogP contribution in [0.2, 0.25) is 0 Å². The average Bonchev–Trinajstić information content (AvgIpc) is 3.49. The highest BCUT2D eigenvalue weighted by Gasteiger charge is 2.61. The fourth-order valence-electron chi connectivity index (χ4n) is 6.73. The monoisotopic (exact) mass is 637 g/mol. The summed E-state index contributed by atoms with van der Waals surface area (Å²) < 4.78 is 56.2. The SMILES string of the molecule is C/C1=C2\CC(S(=O)(=O)c3ccccc3)(S(=O)(=O)c3ccccc3)C\C2=C(/C)C(=O)CN(C(c2ccccc2)c2ccccc2)C1. The Balaban J connectivity index is 1.54. The number of hydrogen-bond acceptors (Lipinski definition) is 6. The molecule has 8 heteroatoms. The van der Waals surface area contributed by atoms with Crippen molar-refractivity contribution >= 4 is 25.5 Å². The number of rotatable bonds is 7. The van der Waals surface area contributed by atoms with Crippen molar-refractivity contribution in [2.24, 2.45) is 0 Å². The summed E-state index contributed by atoms with van der Waals surface area (Å²) in [4.78, 5) is 16.0. The summed E-state index contributed by atoms with van der Waals surface area (Å²) in [5.74, 6) is -0.156. The Hall–Kier alpha value is -4.11. The number of fused-ring (bicyclic) bond motifs is 1. The number of Topliss-reactive ketones (excluding diaryl/α,β-unsaturated/α-hetero) is 1. The van der Waals surface area contributed by atoms with Gasteiger partial charge in [0.25, 0.3) is 0 Å². The molecule has 6 rings (SSSR count). The first kappa shape index (κ1) is 30.9. The Kier molecular flexibility index (Phi) is 8.24. The van der Waals surface area contributed by atoms with Gasteiger partial charge in [-0.25, -0.2) is 16.8 Å². The van der Waals surface area contributed by atoms with Crippen molar-refractivity contribution in [1.29, 1.82) is 0 Å². The van der Waals surface area contributed by atoms with Crippen LogP contribution in [0.4, 0.5) is 0 Å². The van der Waals surface area contributed by atoms with Gasteiger partial charge in [-0.15, -0.1) is 0 Å². The van der Waals surface area contributed by atoms with Crippen LogP contribution in [0.3, 0.4) is 0 Å². The van der Waals surface area contributed by atoms with Crippen LogP contribution in [0, 0.1) is 0 Å². The van der Waals surface area contributed by atoms with E-state index in [-0.39, 0.29) is 41.0 Å². The first-order valence-corrected chi connectivity index (χ1v) is 17.9. The van der Waals surface area contributed by atoms with Crippen molar-refractivity contribution < 1.29 is 21.6 Å². The Morgan fingerprint density at radius 1 is 0.578 bits per heavy atom. The highest BCUT2D eigenvalue weighted by Crippen LogP contribution is 2.53. The van der Waals surface area contributed by atoms with Crippen molar-refractivity contribution in [3.8, 4) is 0 Å². The first-order valence-electron chi connectivity index (χ1n) is 14.9. The highest BCUT2D eigenvalue weighted by molar-refractivity contribution is 8.10. The molecule has 0 aromatic heterocycles. The summed E-state index contributed by atoms with van der Waals surface area (Å²) in [5.41, 5.74) is 4.45. The number of carbonyl (C=O) groups is 1. The molecule has 1 heterocycles. The molecule has 4 aromatic rings. The number of hydrogen-bond donors (Lipinski definition) is 0. The van der Waals surface area contributed by atoms with E-state index in [9.17, 15) is 21.6 Å². The second kappa shape index (κ2) is 12.0. The Bertz CT molecular complexity index is 1890. The van der Waals surface area contributed by atoms with Gasteiger partial charge < -0.3 is 0 Å². The van der Waals surface area contributed by atoms with E-state index in [4.69, 9.17) is 0 Å². The van der Waals surface area contributed by atoms with Crippen LogP contribution in [0.25, 0.3) is 0 Å². The third kappa shape index (κ3) is 5.31. The van der Waals surface area contributed by atoms with Crippen LogP contribution in [-0.2, 0) is 24.5 Å². The van der Waals surface area contributed by atoms with Gasteiger partial charge in [0, 0.05) is 19.4 Å². The molecule has 4 aromatic carbocycles. The summed E-state index contributed by atoms with van der Waals surface area (Å²) >= 11 is 0. The molecule has 0 saturated heterocycles. The van der Waals surface area contributed by atoms with E-state index in [1.54, 1.807) is 43.3 Å². The van der Waals surface area contributed by atoms with Crippen molar-refractivity contribution in [1.82, 2.24) is 4.90 Å². The molecule has 1 saturated carbocycles. The molecule has 6 nitrogen and oxygen atoms in total. The highest BCUT2D eigenvalue weighted by atomic mass is 32.3. The van der Waals surface area contributed by atoms with Crippen LogP contribution in [0.1, 0.15) is 43.9 Å². The zero-order chi connectivity index (χ0) is 31.8. The minimum atomic E-state index is -4.45.